The molecule has 0 atom stereocenters. The van der Waals surface area contributed by atoms with Gasteiger partial charge in [-0.25, -0.2) is 0 Å². The Morgan fingerprint density at radius 3 is 2.40 bits per heavy atom. The molecule has 0 fully saturated rings. The summed E-state index contributed by atoms with van der Waals surface area (Å²) >= 11 is 1.30. The molecule has 0 saturated heterocycles. The third kappa shape index (κ3) is 1.29. The minimum atomic E-state index is 0.146. The number of hydrogen-bond acceptors (Lipinski definition) is 2. The molecule has 0 spiro atoms. The molecule has 3 heteroatoms. The van der Waals surface area contributed by atoms with Crippen LogP contribution in [0.25, 0.3) is 0 Å². The van der Waals surface area contributed by atoms with E-state index in [1.165, 1.54) is 11.3 Å². The summed E-state index contributed by atoms with van der Waals surface area (Å²) in [5.74, 6) is 0. The fraction of sp³-hybridized carbons (Fsp3) is 0.571. The molecule has 1 aromatic heterocycles. The fourth-order valence-corrected chi connectivity index (χ4v) is 1.64. The van der Waals surface area contributed by atoms with Crippen molar-refractivity contribution in [2.45, 2.75) is 26.8 Å². The highest BCUT2D eigenvalue weighted by Gasteiger charge is 2.02. The first-order valence-corrected chi connectivity index (χ1v) is 4.11. The van der Waals surface area contributed by atoms with Gasteiger partial charge in [-0.15, -0.1) is 0 Å². The molecule has 0 aliphatic rings. The average Bonchev–Trinajstić information content (AvgIpc) is 2.10. The van der Waals surface area contributed by atoms with Crippen molar-refractivity contribution in [1.29, 1.82) is 0 Å². The van der Waals surface area contributed by atoms with E-state index in [1.807, 2.05) is 27.0 Å². The predicted octanol–water partition coefficient (Wildman–Crippen LogP) is 1.80. The second kappa shape index (κ2) is 2.58. The molecule has 0 aliphatic heterocycles. The Hall–Kier alpha value is -0.570. The summed E-state index contributed by atoms with van der Waals surface area (Å²) < 4.78 is 1.75. The van der Waals surface area contributed by atoms with Gasteiger partial charge in [-0.2, -0.15) is 0 Å². The fourth-order valence-electron chi connectivity index (χ4n) is 0.825. The Labute approximate surface area is 64.1 Å². The first-order chi connectivity index (χ1) is 4.61. The lowest BCUT2D eigenvalue weighted by molar-refractivity contribution is 0.590. The van der Waals surface area contributed by atoms with Crippen LogP contribution in [-0.2, 0) is 0 Å². The van der Waals surface area contributed by atoms with E-state index in [1.54, 1.807) is 4.57 Å². The van der Waals surface area contributed by atoms with Crippen molar-refractivity contribution < 1.29 is 0 Å². The third-order valence-corrected chi connectivity index (χ3v) is 2.15. The maximum Gasteiger partial charge on any atom is 0.307 e. The topological polar surface area (TPSA) is 22.0 Å². The number of aromatic nitrogens is 1. The van der Waals surface area contributed by atoms with E-state index in [2.05, 4.69) is 0 Å². The molecule has 0 aromatic carbocycles. The second-order valence-electron chi connectivity index (χ2n) is 2.61. The zero-order valence-corrected chi connectivity index (χ0v) is 7.23. The summed E-state index contributed by atoms with van der Waals surface area (Å²) in [5.41, 5.74) is 0. The Kier molecular flexibility index (Phi) is 1.94. The molecule has 56 valence electrons. The van der Waals surface area contributed by atoms with Crippen molar-refractivity contribution in [3.8, 4) is 0 Å². The molecule has 1 aromatic rings. The van der Waals surface area contributed by atoms with Gasteiger partial charge >= 0.3 is 4.87 Å². The van der Waals surface area contributed by atoms with E-state index < -0.39 is 0 Å². The molecular weight excluding hydrogens is 146 g/mol. The van der Waals surface area contributed by atoms with Crippen molar-refractivity contribution >= 4 is 11.3 Å². The maximum atomic E-state index is 11.1. The average molecular weight is 157 g/mol. The highest BCUT2D eigenvalue weighted by Crippen LogP contribution is 2.06. The molecule has 0 radical (unpaired) electrons. The normalized spacial score (nSPS) is 10.8. The lowest BCUT2D eigenvalue weighted by Gasteiger charge is -2.02. The summed E-state index contributed by atoms with van der Waals surface area (Å²) in [6, 6.07) is 0.289. The van der Waals surface area contributed by atoms with E-state index in [0.29, 0.717) is 0 Å². The van der Waals surface area contributed by atoms with Gasteiger partial charge in [0.1, 0.15) is 0 Å². The Bertz CT molecular complexity index is 271. The van der Waals surface area contributed by atoms with Crippen molar-refractivity contribution in [2.75, 3.05) is 0 Å². The van der Waals surface area contributed by atoms with Crippen LogP contribution in [0, 0.1) is 6.92 Å². The first-order valence-electron chi connectivity index (χ1n) is 3.30. The molecule has 1 rings (SSSR count). The van der Waals surface area contributed by atoms with E-state index in [-0.39, 0.29) is 10.9 Å². The molecule has 0 aliphatic carbocycles. The molecule has 0 amide bonds. The maximum absolute atomic E-state index is 11.1. The lowest BCUT2D eigenvalue weighted by atomic mass is 10.4. The summed E-state index contributed by atoms with van der Waals surface area (Å²) in [6.45, 7) is 5.96. The van der Waals surface area contributed by atoms with Crippen molar-refractivity contribution in [2.24, 2.45) is 0 Å². The second-order valence-corrected chi connectivity index (χ2v) is 3.81. The summed E-state index contributed by atoms with van der Waals surface area (Å²) in [5, 5.41) is 0. The van der Waals surface area contributed by atoms with Gasteiger partial charge in [0, 0.05) is 17.1 Å². The van der Waals surface area contributed by atoms with Crippen LogP contribution in [0.2, 0.25) is 0 Å². The summed E-state index contributed by atoms with van der Waals surface area (Å²) in [4.78, 5) is 12.3. The quantitative estimate of drug-likeness (QED) is 0.609. The zero-order chi connectivity index (χ0) is 7.72. The van der Waals surface area contributed by atoms with Crippen LogP contribution >= 0.6 is 11.3 Å². The van der Waals surface area contributed by atoms with Gasteiger partial charge in [0.2, 0.25) is 0 Å². The SMILES string of the molecule is Cc1cn(C(C)C)c(=O)s1. The van der Waals surface area contributed by atoms with Crippen LogP contribution in [0.3, 0.4) is 0 Å². The number of aryl methyl sites for hydroxylation is 1. The monoisotopic (exact) mass is 157 g/mol. The summed E-state index contributed by atoms with van der Waals surface area (Å²) in [7, 11) is 0. The van der Waals surface area contributed by atoms with Gasteiger partial charge in [0.25, 0.3) is 0 Å². The smallest absolute Gasteiger partial charge is 0.303 e. The Morgan fingerprint density at radius 2 is 2.20 bits per heavy atom. The van der Waals surface area contributed by atoms with Crippen molar-refractivity contribution in [3.63, 3.8) is 0 Å². The molecule has 0 bridgehead atoms. The van der Waals surface area contributed by atoms with Gasteiger partial charge in [-0.05, 0) is 20.8 Å². The van der Waals surface area contributed by atoms with Crippen LogP contribution in [-0.4, -0.2) is 4.57 Å². The molecule has 0 unspecified atom stereocenters. The van der Waals surface area contributed by atoms with Gasteiger partial charge in [0.05, 0.1) is 0 Å². The van der Waals surface area contributed by atoms with Crippen LogP contribution in [0.4, 0.5) is 0 Å². The Balaban J connectivity index is 3.16. The van der Waals surface area contributed by atoms with Gasteiger partial charge < -0.3 is 4.57 Å². The van der Waals surface area contributed by atoms with Crippen LogP contribution < -0.4 is 4.87 Å². The largest absolute Gasteiger partial charge is 0.307 e. The van der Waals surface area contributed by atoms with Crippen LogP contribution in [0.15, 0.2) is 11.0 Å². The molecule has 0 N–H and O–H groups in total. The van der Waals surface area contributed by atoms with Gasteiger partial charge in [-0.1, -0.05) is 11.3 Å². The van der Waals surface area contributed by atoms with E-state index in [9.17, 15) is 4.79 Å². The van der Waals surface area contributed by atoms with Gasteiger partial charge in [-0.3, -0.25) is 4.79 Å². The highest BCUT2D eigenvalue weighted by atomic mass is 32.1. The predicted molar refractivity (Wildman–Crippen MR) is 43.7 cm³/mol. The summed E-state index contributed by atoms with van der Waals surface area (Å²) in [6.07, 6.45) is 1.90. The standard InChI is InChI=1S/C7H11NOS/c1-5(2)8-4-6(3)10-7(8)9/h4-5H,1-3H3. The van der Waals surface area contributed by atoms with E-state index in [0.717, 1.165) is 4.88 Å². The first kappa shape index (κ1) is 7.54. The minimum Gasteiger partial charge on any atom is -0.303 e. The Morgan fingerprint density at radius 1 is 1.60 bits per heavy atom. The number of nitrogens with zero attached hydrogens (tertiary/aromatic N) is 1. The molecule has 10 heavy (non-hydrogen) atoms. The molecule has 2 nitrogen and oxygen atoms in total. The van der Waals surface area contributed by atoms with E-state index >= 15 is 0 Å². The van der Waals surface area contributed by atoms with Crippen LogP contribution in [0.1, 0.15) is 24.8 Å². The highest BCUT2D eigenvalue weighted by molar-refractivity contribution is 7.09. The molecule has 0 saturated carbocycles. The number of thiazole rings is 1. The van der Waals surface area contributed by atoms with Crippen molar-refractivity contribution in [1.82, 2.24) is 4.57 Å². The van der Waals surface area contributed by atoms with Crippen LogP contribution in [0.5, 0.6) is 0 Å². The zero-order valence-electron chi connectivity index (χ0n) is 6.42. The molecule has 1 heterocycles. The molecular formula is C7H11NOS. The van der Waals surface area contributed by atoms with Crippen molar-refractivity contribution in [3.05, 3.63) is 20.7 Å². The number of rotatable bonds is 1. The lowest BCUT2D eigenvalue weighted by Crippen LogP contribution is -2.13. The van der Waals surface area contributed by atoms with E-state index in [4.69, 9.17) is 0 Å². The third-order valence-electron chi connectivity index (χ3n) is 1.34. The van der Waals surface area contributed by atoms with Gasteiger partial charge in [0.15, 0.2) is 0 Å². The number of hydrogen-bond donors (Lipinski definition) is 0. The minimum absolute atomic E-state index is 0.146.